The second-order valence-corrected chi connectivity index (χ2v) is 8.92. The van der Waals surface area contributed by atoms with Gasteiger partial charge < -0.3 is 15.1 Å². The van der Waals surface area contributed by atoms with Crippen molar-refractivity contribution in [2.24, 2.45) is 5.41 Å². The first-order valence-electron chi connectivity index (χ1n) is 9.52. The summed E-state index contributed by atoms with van der Waals surface area (Å²) in [5.41, 5.74) is 1.92. The van der Waals surface area contributed by atoms with Gasteiger partial charge in [-0.1, -0.05) is 25.4 Å². The van der Waals surface area contributed by atoms with Crippen molar-refractivity contribution < 1.29 is 14.0 Å². The molecule has 154 valence electrons. The van der Waals surface area contributed by atoms with Gasteiger partial charge in [0.2, 0.25) is 5.91 Å². The molecule has 0 radical (unpaired) electrons. The van der Waals surface area contributed by atoms with E-state index in [-0.39, 0.29) is 28.4 Å². The molecule has 29 heavy (non-hydrogen) atoms. The van der Waals surface area contributed by atoms with Gasteiger partial charge in [0.25, 0.3) is 0 Å². The maximum atomic E-state index is 13.4. The smallest absolute Gasteiger partial charge is 0.314 e. The number of hydrogen-bond donors (Lipinski definition) is 1. The SMILES string of the molecule is C[C@H]1Cn2ncc(N3CC(C)(C)CC3=O)c2CN1C(=O)Nc1ccc(F)c(Cl)c1. The Morgan fingerprint density at radius 2 is 2.14 bits per heavy atom. The molecule has 7 nitrogen and oxygen atoms in total. The summed E-state index contributed by atoms with van der Waals surface area (Å²) in [7, 11) is 0. The monoisotopic (exact) mass is 419 g/mol. The highest BCUT2D eigenvalue weighted by Crippen LogP contribution is 2.36. The Morgan fingerprint density at radius 3 is 2.79 bits per heavy atom. The second-order valence-electron chi connectivity index (χ2n) is 8.52. The number of nitrogens with one attached hydrogen (secondary N) is 1. The summed E-state index contributed by atoms with van der Waals surface area (Å²) in [6.45, 7) is 7.54. The molecule has 0 aliphatic carbocycles. The lowest BCUT2D eigenvalue weighted by Crippen LogP contribution is -2.47. The number of anilines is 2. The number of halogens is 2. The van der Waals surface area contributed by atoms with Crippen LogP contribution in [0, 0.1) is 11.2 Å². The summed E-state index contributed by atoms with van der Waals surface area (Å²) < 4.78 is 15.2. The standard InChI is InChI=1S/C20H23ClFN5O2/c1-12-9-27-17(16(8-23-27)26-11-20(2,3)7-18(26)28)10-25(12)19(29)24-13-4-5-15(22)14(21)6-13/h4-6,8,12H,7,9-11H2,1-3H3,(H,24,29)/t12-/m0/s1. The fourth-order valence-corrected chi connectivity index (χ4v) is 4.13. The zero-order valence-electron chi connectivity index (χ0n) is 16.6. The molecule has 9 heteroatoms. The summed E-state index contributed by atoms with van der Waals surface area (Å²) in [5.74, 6) is -0.468. The number of amides is 3. The highest BCUT2D eigenvalue weighted by atomic mass is 35.5. The van der Waals surface area contributed by atoms with E-state index in [4.69, 9.17) is 11.6 Å². The highest BCUT2D eigenvalue weighted by molar-refractivity contribution is 6.31. The minimum absolute atomic E-state index is 0.0509. The van der Waals surface area contributed by atoms with Gasteiger partial charge in [-0.3, -0.25) is 9.48 Å². The molecule has 3 amide bonds. The van der Waals surface area contributed by atoms with E-state index in [1.165, 1.54) is 18.2 Å². The summed E-state index contributed by atoms with van der Waals surface area (Å²) in [6, 6.07) is 3.65. The molecule has 1 aromatic carbocycles. The van der Waals surface area contributed by atoms with E-state index >= 15 is 0 Å². The molecular formula is C20H23ClFN5O2. The summed E-state index contributed by atoms with van der Waals surface area (Å²) >= 11 is 5.81. The van der Waals surface area contributed by atoms with Crippen LogP contribution in [0.25, 0.3) is 0 Å². The zero-order chi connectivity index (χ0) is 20.9. The van der Waals surface area contributed by atoms with Crippen LogP contribution < -0.4 is 10.2 Å². The molecule has 1 aromatic heterocycles. The number of aromatic nitrogens is 2. The summed E-state index contributed by atoms with van der Waals surface area (Å²) in [6.07, 6.45) is 2.20. The predicted molar refractivity (Wildman–Crippen MR) is 108 cm³/mol. The number of benzene rings is 1. The van der Waals surface area contributed by atoms with Crippen molar-refractivity contribution >= 4 is 34.9 Å². The van der Waals surface area contributed by atoms with Gasteiger partial charge in [-0.2, -0.15) is 5.10 Å². The molecule has 1 fully saturated rings. The summed E-state index contributed by atoms with van der Waals surface area (Å²) in [5, 5.41) is 7.16. The third-order valence-electron chi connectivity index (χ3n) is 5.46. The van der Waals surface area contributed by atoms with Gasteiger partial charge in [0.1, 0.15) is 5.82 Å². The highest BCUT2D eigenvalue weighted by Gasteiger charge is 2.39. The van der Waals surface area contributed by atoms with Crippen molar-refractivity contribution in [1.29, 1.82) is 0 Å². The molecule has 0 bridgehead atoms. The molecule has 2 aliphatic heterocycles. The molecule has 2 aromatic rings. The number of carbonyl (C=O) groups excluding carboxylic acids is 2. The van der Waals surface area contributed by atoms with Crippen molar-refractivity contribution in [2.45, 2.75) is 46.3 Å². The maximum absolute atomic E-state index is 13.4. The third-order valence-corrected chi connectivity index (χ3v) is 5.75. The van der Waals surface area contributed by atoms with Crippen LogP contribution in [0.3, 0.4) is 0 Å². The predicted octanol–water partition coefficient (Wildman–Crippen LogP) is 3.87. The van der Waals surface area contributed by atoms with Crippen molar-refractivity contribution in [3.05, 3.63) is 40.9 Å². The lowest BCUT2D eigenvalue weighted by atomic mass is 9.93. The molecule has 0 unspecified atom stereocenters. The Hall–Kier alpha value is -2.61. The fraction of sp³-hybridized carbons (Fsp3) is 0.450. The zero-order valence-corrected chi connectivity index (χ0v) is 17.3. The van der Waals surface area contributed by atoms with Gasteiger partial charge in [-0.25, -0.2) is 9.18 Å². The van der Waals surface area contributed by atoms with Crippen molar-refractivity contribution in [3.63, 3.8) is 0 Å². The number of hydrogen-bond acceptors (Lipinski definition) is 3. The average Bonchev–Trinajstić information content (AvgIpc) is 3.15. The lowest BCUT2D eigenvalue weighted by molar-refractivity contribution is -0.117. The third kappa shape index (κ3) is 3.69. The number of nitrogens with zero attached hydrogens (tertiary/aromatic N) is 4. The summed E-state index contributed by atoms with van der Waals surface area (Å²) in [4.78, 5) is 28.8. The van der Waals surface area contributed by atoms with Gasteiger partial charge >= 0.3 is 6.03 Å². The quantitative estimate of drug-likeness (QED) is 0.803. The first-order valence-corrected chi connectivity index (χ1v) is 9.90. The van der Waals surface area contributed by atoms with Crippen LogP contribution in [0.5, 0.6) is 0 Å². The van der Waals surface area contributed by atoms with E-state index in [2.05, 4.69) is 24.3 Å². The molecule has 0 spiro atoms. The first kappa shape index (κ1) is 19.7. The molecule has 3 heterocycles. The number of rotatable bonds is 2. The lowest BCUT2D eigenvalue weighted by Gasteiger charge is -2.35. The van der Waals surface area contributed by atoms with E-state index in [0.29, 0.717) is 31.7 Å². The van der Waals surface area contributed by atoms with Crippen LogP contribution in [0.4, 0.5) is 20.6 Å². The number of fused-ring (bicyclic) bond motifs is 1. The van der Waals surface area contributed by atoms with Crippen LogP contribution in [0.1, 0.15) is 32.9 Å². The topological polar surface area (TPSA) is 70.5 Å². The van der Waals surface area contributed by atoms with Gasteiger partial charge in [-0.05, 0) is 30.5 Å². The Balaban J connectivity index is 1.56. The first-order chi connectivity index (χ1) is 13.6. The van der Waals surface area contributed by atoms with Crippen LogP contribution >= 0.6 is 11.6 Å². The molecular weight excluding hydrogens is 397 g/mol. The van der Waals surface area contributed by atoms with Crippen LogP contribution in [0.2, 0.25) is 5.02 Å². The number of carbonyl (C=O) groups is 2. The van der Waals surface area contributed by atoms with E-state index in [9.17, 15) is 14.0 Å². The molecule has 1 atom stereocenters. The Bertz CT molecular complexity index is 989. The van der Waals surface area contributed by atoms with Crippen LogP contribution in [0.15, 0.2) is 24.4 Å². The van der Waals surface area contributed by atoms with E-state index < -0.39 is 5.82 Å². The molecule has 1 N–H and O–H groups in total. The van der Waals surface area contributed by atoms with Gasteiger partial charge in [0.15, 0.2) is 0 Å². The van der Waals surface area contributed by atoms with Gasteiger partial charge in [0.05, 0.1) is 41.7 Å². The molecule has 1 saturated heterocycles. The van der Waals surface area contributed by atoms with Gasteiger partial charge in [-0.15, -0.1) is 0 Å². The van der Waals surface area contributed by atoms with Crippen molar-refractivity contribution in [3.8, 4) is 0 Å². The van der Waals surface area contributed by atoms with Crippen LogP contribution in [-0.2, 0) is 17.9 Å². The largest absolute Gasteiger partial charge is 0.322 e. The Labute approximate surface area is 173 Å². The van der Waals surface area contributed by atoms with E-state index in [1.807, 2.05) is 11.6 Å². The van der Waals surface area contributed by atoms with Crippen molar-refractivity contribution in [1.82, 2.24) is 14.7 Å². The minimum atomic E-state index is -0.539. The normalized spacial score (nSPS) is 20.7. The molecule has 4 rings (SSSR count). The Morgan fingerprint density at radius 1 is 1.38 bits per heavy atom. The maximum Gasteiger partial charge on any atom is 0.322 e. The molecule has 2 aliphatic rings. The Kier molecular flexibility index (Phi) is 4.77. The number of urea groups is 1. The minimum Gasteiger partial charge on any atom is -0.314 e. The van der Waals surface area contributed by atoms with Gasteiger partial charge in [0, 0.05) is 18.7 Å². The van der Waals surface area contributed by atoms with E-state index in [0.717, 1.165) is 11.4 Å². The van der Waals surface area contributed by atoms with E-state index in [1.54, 1.807) is 16.0 Å². The fourth-order valence-electron chi connectivity index (χ4n) is 3.95. The van der Waals surface area contributed by atoms with Crippen LogP contribution in [-0.4, -0.2) is 39.2 Å². The van der Waals surface area contributed by atoms with Crippen molar-refractivity contribution in [2.75, 3.05) is 16.8 Å². The second kappa shape index (κ2) is 7.02. The average molecular weight is 420 g/mol. The molecule has 0 saturated carbocycles.